The molecule has 0 saturated heterocycles. The van der Waals surface area contributed by atoms with Gasteiger partial charge in [0.2, 0.25) is 5.91 Å². The number of amides is 1. The molecule has 1 N–H and O–H groups in total. The number of carbonyl (C=O) groups is 1. The Morgan fingerprint density at radius 1 is 1.07 bits per heavy atom. The molecule has 0 unspecified atom stereocenters. The molecule has 140 valence electrons. The molecule has 1 aromatic carbocycles. The summed E-state index contributed by atoms with van der Waals surface area (Å²) >= 11 is 1.58. The first kappa shape index (κ1) is 18.1. The number of aromatic nitrogens is 4. The van der Waals surface area contributed by atoms with Crippen molar-refractivity contribution < 1.29 is 4.79 Å². The number of hydrogen-bond acceptors (Lipinski definition) is 5. The van der Waals surface area contributed by atoms with Gasteiger partial charge in [-0.1, -0.05) is 36.4 Å². The van der Waals surface area contributed by atoms with Gasteiger partial charge in [0.05, 0.1) is 23.7 Å². The highest BCUT2D eigenvalue weighted by Gasteiger charge is 2.10. The number of nitrogens with one attached hydrogen (secondary N) is 1. The first-order valence-electron chi connectivity index (χ1n) is 8.94. The highest BCUT2D eigenvalue weighted by atomic mass is 32.1. The molecule has 6 nitrogen and oxygen atoms in total. The fraction of sp³-hybridized carbons (Fsp3) is 0.143. The molecular weight excluding hydrogens is 370 g/mol. The van der Waals surface area contributed by atoms with Gasteiger partial charge >= 0.3 is 0 Å². The highest BCUT2D eigenvalue weighted by molar-refractivity contribution is 7.09. The normalized spacial score (nSPS) is 10.7. The molecule has 0 aliphatic carbocycles. The number of thiazole rings is 1. The van der Waals surface area contributed by atoms with Gasteiger partial charge < -0.3 is 5.32 Å². The first-order chi connectivity index (χ1) is 13.7. The Balaban J connectivity index is 1.31. The quantitative estimate of drug-likeness (QED) is 0.525. The summed E-state index contributed by atoms with van der Waals surface area (Å²) in [6, 6.07) is 15.9. The predicted octanol–water partition coefficient (Wildman–Crippen LogP) is 3.55. The van der Waals surface area contributed by atoms with Crippen LogP contribution < -0.4 is 5.32 Å². The van der Waals surface area contributed by atoms with Crippen molar-refractivity contribution in [2.75, 3.05) is 5.32 Å². The third-order valence-electron chi connectivity index (χ3n) is 4.11. The van der Waals surface area contributed by atoms with E-state index in [4.69, 9.17) is 0 Å². The molecule has 7 heteroatoms. The first-order valence-corrected chi connectivity index (χ1v) is 9.82. The van der Waals surface area contributed by atoms with Gasteiger partial charge in [0.25, 0.3) is 0 Å². The summed E-state index contributed by atoms with van der Waals surface area (Å²) < 4.78 is 1.77. The Morgan fingerprint density at radius 3 is 2.75 bits per heavy atom. The minimum absolute atomic E-state index is 0.122. The molecule has 0 spiro atoms. The standard InChI is InChI=1S/C21H19N5OS/c27-20(12-18-15-28-21(23-18)11-16-5-2-1-3-6-16)24-19-8-10-26(25-19)14-17-7-4-9-22-13-17/h1-10,13,15H,11-12,14H2,(H,24,25,27). The lowest BCUT2D eigenvalue weighted by Crippen LogP contribution is -2.15. The van der Waals surface area contributed by atoms with Crippen LogP contribution >= 0.6 is 11.3 Å². The largest absolute Gasteiger partial charge is 0.309 e. The Hall–Kier alpha value is -3.32. The Kier molecular flexibility index (Phi) is 5.53. The van der Waals surface area contributed by atoms with Crippen molar-refractivity contribution in [3.05, 3.63) is 94.3 Å². The summed E-state index contributed by atoms with van der Waals surface area (Å²) in [5.74, 6) is 0.414. The van der Waals surface area contributed by atoms with E-state index < -0.39 is 0 Å². The van der Waals surface area contributed by atoms with Gasteiger partial charge in [-0.15, -0.1) is 11.3 Å². The fourth-order valence-electron chi connectivity index (χ4n) is 2.83. The van der Waals surface area contributed by atoms with E-state index in [1.165, 1.54) is 5.56 Å². The second-order valence-electron chi connectivity index (χ2n) is 6.38. The third kappa shape index (κ3) is 4.89. The van der Waals surface area contributed by atoms with Crippen LogP contribution in [0.3, 0.4) is 0 Å². The second-order valence-corrected chi connectivity index (χ2v) is 7.32. The van der Waals surface area contributed by atoms with E-state index in [9.17, 15) is 4.79 Å². The van der Waals surface area contributed by atoms with Crippen LogP contribution in [-0.2, 0) is 24.2 Å². The zero-order valence-electron chi connectivity index (χ0n) is 15.2. The number of rotatable bonds is 7. The Morgan fingerprint density at radius 2 is 1.93 bits per heavy atom. The van der Waals surface area contributed by atoms with E-state index in [-0.39, 0.29) is 12.3 Å². The molecule has 0 saturated carbocycles. The summed E-state index contributed by atoms with van der Waals surface area (Å²) in [5.41, 5.74) is 3.05. The highest BCUT2D eigenvalue weighted by Crippen LogP contribution is 2.15. The lowest BCUT2D eigenvalue weighted by Gasteiger charge is -2.02. The number of pyridine rings is 1. The van der Waals surface area contributed by atoms with Gasteiger partial charge in [-0.2, -0.15) is 5.10 Å². The van der Waals surface area contributed by atoms with Gasteiger partial charge in [0.15, 0.2) is 5.82 Å². The van der Waals surface area contributed by atoms with Crippen LogP contribution in [0.5, 0.6) is 0 Å². The Labute approximate surface area is 166 Å². The minimum Gasteiger partial charge on any atom is -0.309 e. The summed E-state index contributed by atoms with van der Waals surface area (Å²) in [6.07, 6.45) is 6.40. The zero-order valence-corrected chi connectivity index (χ0v) is 16.0. The van der Waals surface area contributed by atoms with Crippen LogP contribution in [-0.4, -0.2) is 25.7 Å². The van der Waals surface area contributed by atoms with E-state index in [1.54, 1.807) is 34.5 Å². The molecule has 3 aromatic heterocycles. The molecule has 0 atom stereocenters. The molecule has 0 bridgehead atoms. The molecule has 1 amide bonds. The van der Waals surface area contributed by atoms with Crippen LogP contribution in [0.25, 0.3) is 0 Å². The fourth-order valence-corrected chi connectivity index (χ4v) is 3.66. The van der Waals surface area contributed by atoms with Crippen LogP contribution in [0.1, 0.15) is 21.8 Å². The summed E-state index contributed by atoms with van der Waals surface area (Å²) in [6.45, 7) is 0.610. The molecule has 0 aliphatic rings. The van der Waals surface area contributed by atoms with E-state index in [1.807, 2.05) is 41.9 Å². The predicted molar refractivity (Wildman–Crippen MR) is 109 cm³/mol. The smallest absolute Gasteiger partial charge is 0.231 e. The summed E-state index contributed by atoms with van der Waals surface area (Å²) in [4.78, 5) is 21.0. The lowest BCUT2D eigenvalue weighted by molar-refractivity contribution is -0.115. The molecule has 0 fully saturated rings. The monoisotopic (exact) mass is 389 g/mol. The summed E-state index contributed by atoms with van der Waals surface area (Å²) in [7, 11) is 0. The van der Waals surface area contributed by atoms with Crippen molar-refractivity contribution in [2.45, 2.75) is 19.4 Å². The molecule has 4 aromatic rings. The van der Waals surface area contributed by atoms with Crippen molar-refractivity contribution in [2.24, 2.45) is 0 Å². The molecule has 0 radical (unpaired) electrons. The van der Waals surface area contributed by atoms with E-state index in [0.717, 1.165) is 22.7 Å². The van der Waals surface area contributed by atoms with Gasteiger partial charge in [0.1, 0.15) is 0 Å². The van der Waals surface area contributed by atoms with Crippen molar-refractivity contribution in [3.8, 4) is 0 Å². The minimum atomic E-state index is -0.122. The molecule has 3 heterocycles. The number of benzene rings is 1. The number of anilines is 1. The average Bonchev–Trinajstić information content (AvgIpc) is 3.33. The molecule has 0 aliphatic heterocycles. The number of nitrogens with zero attached hydrogens (tertiary/aromatic N) is 4. The summed E-state index contributed by atoms with van der Waals surface area (Å²) in [5, 5.41) is 10.2. The third-order valence-corrected chi connectivity index (χ3v) is 5.01. The molecule has 4 rings (SSSR count). The average molecular weight is 389 g/mol. The maximum Gasteiger partial charge on any atom is 0.231 e. The van der Waals surface area contributed by atoms with Crippen LogP contribution in [0, 0.1) is 0 Å². The van der Waals surface area contributed by atoms with Gasteiger partial charge in [-0.05, 0) is 17.2 Å². The molecule has 28 heavy (non-hydrogen) atoms. The van der Waals surface area contributed by atoms with Gasteiger partial charge in [-0.25, -0.2) is 4.98 Å². The molecular formula is C21H19N5OS. The number of hydrogen-bond donors (Lipinski definition) is 1. The van der Waals surface area contributed by atoms with Crippen LogP contribution in [0.15, 0.2) is 72.5 Å². The maximum atomic E-state index is 12.3. The van der Waals surface area contributed by atoms with Crippen molar-refractivity contribution in [1.82, 2.24) is 19.7 Å². The second kappa shape index (κ2) is 8.58. The Bertz CT molecular complexity index is 959. The van der Waals surface area contributed by atoms with Crippen molar-refractivity contribution in [1.29, 1.82) is 0 Å². The zero-order chi connectivity index (χ0) is 19.2. The van der Waals surface area contributed by atoms with Crippen molar-refractivity contribution in [3.63, 3.8) is 0 Å². The van der Waals surface area contributed by atoms with E-state index in [0.29, 0.717) is 12.4 Å². The van der Waals surface area contributed by atoms with E-state index in [2.05, 4.69) is 32.5 Å². The SMILES string of the molecule is O=C(Cc1csc(Cc2ccccc2)n1)Nc1ccn(Cc2cccnc2)n1. The van der Waals surface area contributed by atoms with Gasteiger partial charge in [-0.3, -0.25) is 14.5 Å². The van der Waals surface area contributed by atoms with Crippen molar-refractivity contribution >= 4 is 23.1 Å². The topological polar surface area (TPSA) is 72.7 Å². The van der Waals surface area contributed by atoms with E-state index >= 15 is 0 Å². The van der Waals surface area contributed by atoms with Crippen LogP contribution in [0.4, 0.5) is 5.82 Å². The number of carbonyl (C=O) groups excluding carboxylic acids is 1. The maximum absolute atomic E-state index is 12.3. The van der Waals surface area contributed by atoms with Gasteiger partial charge in [0, 0.05) is 36.5 Å². The van der Waals surface area contributed by atoms with Crippen LogP contribution in [0.2, 0.25) is 0 Å². The lowest BCUT2D eigenvalue weighted by atomic mass is 10.2.